The third kappa shape index (κ3) is 3.67. The minimum Gasteiger partial charge on any atom is -0.309 e. The van der Waals surface area contributed by atoms with Crippen LogP contribution in [0.2, 0.25) is 0 Å². The van der Waals surface area contributed by atoms with Crippen LogP contribution >= 0.6 is 0 Å². The minimum atomic E-state index is 0.338. The lowest BCUT2D eigenvalue weighted by molar-refractivity contribution is 1.12. The van der Waals surface area contributed by atoms with Gasteiger partial charge in [-0.25, -0.2) is 0 Å². The zero-order valence-corrected chi connectivity index (χ0v) is 26.2. The molecule has 0 spiro atoms. The summed E-state index contributed by atoms with van der Waals surface area (Å²) in [5, 5.41) is 27.9. The standard InChI is InChI=1S/C44H25N5/c45-26-28-24-30(25-42(35(28)27-46)49-36-18-8-4-14-31(36)32-15-5-9-19-37(32)49)48-39-21-11-7-17-34(39)44-41(48)23-22-40-43(44)33-16-6-10-20-38(33)47(40)29-12-2-1-3-13-29/h1-25H. The second-order valence-electron chi connectivity index (χ2n) is 12.4. The number of hydrogen-bond acceptors (Lipinski definition) is 2. The first kappa shape index (κ1) is 27.1. The molecule has 10 aromatic rings. The molecule has 0 unspecified atom stereocenters. The van der Waals surface area contributed by atoms with E-state index in [1.165, 1.54) is 10.8 Å². The maximum absolute atomic E-state index is 10.5. The molecule has 0 amide bonds. The Bertz CT molecular complexity index is 3020. The van der Waals surface area contributed by atoms with E-state index >= 15 is 0 Å². The fraction of sp³-hybridized carbons (Fsp3) is 0. The van der Waals surface area contributed by atoms with Crippen LogP contribution in [0.15, 0.2) is 152 Å². The van der Waals surface area contributed by atoms with Crippen molar-refractivity contribution in [2.24, 2.45) is 0 Å². The van der Waals surface area contributed by atoms with E-state index in [1.807, 2.05) is 36.4 Å². The van der Waals surface area contributed by atoms with Gasteiger partial charge in [0, 0.05) is 43.7 Å². The topological polar surface area (TPSA) is 62.4 Å². The minimum absolute atomic E-state index is 0.338. The molecule has 0 radical (unpaired) electrons. The monoisotopic (exact) mass is 623 g/mol. The highest BCUT2D eigenvalue weighted by Gasteiger charge is 2.23. The molecule has 3 aromatic heterocycles. The highest BCUT2D eigenvalue weighted by Crippen LogP contribution is 2.43. The van der Waals surface area contributed by atoms with Gasteiger partial charge in [0.15, 0.2) is 0 Å². The first-order chi connectivity index (χ1) is 24.3. The Morgan fingerprint density at radius 1 is 0.367 bits per heavy atom. The maximum Gasteiger partial charge on any atom is 0.103 e. The predicted molar refractivity (Wildman–Crippen MR) is 199 cm³/mol. The zero-order valence-electron chi connectivity index (χ0n) is 26.2. The van der Waals surface area contributed by atoms with Crippen LogP contribution in [-0.4, -0.2) is 13.7 Å². The molecule has 0 aliphatic carbocycles. The Hall–Kier alpha value is -7.08. The normalized spacial score (nSPS) is 11.6. The van der Waals surface area contributed by atoms with E-state index in [0.29, 0.717) is 16.8 Å². The Morgan fingerprint density at radius 3 is 1.33 bits per heavy atom. The number of fused-ring (bicyclic) bond motifs is 10. The average molecular weight is 624 g/mol. The van der Waals surface area contributed by atoms with E-state index in [1.54, 1.807) is 0 Å². The molecule has 49 heavy (non-hydrogen) atoms. The van der Waals surface area contributed by atoms with Gasteiger partial charge in [0.05, 0.1) is 49.9 Å². The van der Waals surface area contributed by atoms with Crippen LogP contribution in [0.1, 0.15) is 11.1 Å². The lowest BCUT2D eigenvalue weighted by Gasteiger charge is -2.15. The smallest absolute Gasteiger partial charge is 0.103 e. The number of hydrogen-bond donors (Lipinski definition) is 0. The van der Waals surface area contributed by atoms with Crippen molar-refractivity contribution in [3.63, 3.8) is 0 Å². The van der Waals surface area contributed by atoms with Gasteiger partial charge in [-0.05, 0) is 60.7 Å². The van der Waals surface area contributed by atoms with E-state index in [0.717, 1.165) is 66.0 Å². The summed E-state index contributed by atoms with van der Waals surface area (Å²) in [5.41, 5.74) is 9.62. The van der Waals surface area contributed by atoms with Crippen molar-refractivity contribution in [2.45, 2.75) is 0 Å². The molecule has 10 rings (SSSR count). The lowest BCUT2D eigenvalue weighted by Crippen LogP contribution is -2.04. The van der Waals surface area contributed by atoms with Crippen molar-refractivity contribution >= 4 is 65.4 Å². The Morgan fingerprint density at radius 2 is 0.816 bits per heavy atom. The van der Waals surface area contributed by atoms with E-state index in [9.17, 15) is 10.5 Å². The molecule has 0 atom stereocenters. The first-order valence-electron chi connectivity index (χ1n) is 16.2. The SMILES string of the molecule is N#Cc1cc(-n2c3ccccc3c3c4c5ccccc5n(-c5ccccc5)c4ccc32)cc(-n2c3ccccc3c3ccccc32)c1C#N. The summed E-state index contributed by atoms with van der Waals surface area (Å²) in [5.74, 6) is 0. The van der Waals surface area contributed by atoms with E-state index in [4.69, 9.17) is 0 Å². The fourth-order valence-corrected chi connectivity index (χ4v) is 7.96. The van der Waals surface area contributed by atoms with Crippen LogP contribution in [0, 0.1) is 22.7 Å². The molecule has 226 valence electrons. The molecule has 5 heteroatoms. The number of benzene rings is 7. The van der Waals surface area contributed by atoms with Gasteiger partial charge in [-0.2, -0.15) is 10.5 Å². The zero-order chi connectivity index (χ0) is 32.6. The Balaban J connectivity index is 1.35. The Kier molecular flexibility index (Phi) is 5.64. The van der Waals surface area contributed by atoms with Gasteiger partial charge in [0.1, 0.15) is 12.1 Å². The van der Waals surface area contributed by atoms with Crippen molar-refractivity contribution in [3.05, 3.63) is 163 Å². The third-order valence-electron chi connectivity index (χ3n) is 9.90. The fourth-order valence-electron chi connectivity index (χ4n) is 7.96. The summed E-state index contributed by atoms with van der Waals surface area (Å²) in [6, 6.07) is 57.1. The Labute approximate surface area is 280 Å². The second-order valence-corrected chi connectivity index (χ2v) is 12.4. The van der Waals surface area contributed by atoms with Crippen molar-refractivity contribution in [1.29, 1.82) is 10.5 Å². The summed E-state index contributed by atoms with van der Waals surface area (Å²) in [7, 11) is 0. The van der Waals surface area contributed by atoms with Crippen molar-refractivity contribution < 1.29 is 0 Å². The molecule has 0 fully saturated rings. The van der Waals surface area contributed by atoms with Crippen LogP contribution in [0.25, 0.3) is 82.5 Å². The molecule has 3 heterocycles. The lowest BCUT2D eigenvalue weighted by atomic mass is 10.0. The van der Waals surface area contributed by atoms with E-state index in [2.05, 4.69) is 141 Å². The molecule has 0 N–H and O–H groups in total. The van der Waals surface area contributed by atoms with Crippen LogP contribution in [0.4, 0.5) is 0 Å². The van der Waals surface area contributed by atoms with Gasteiger partial charge in [0.25, 0.3) is 0 Å². The van der Waals surface area contributed by atoms with Gasteiger partial charge in [-0.15, -0.1) is 0 Å². The van der Waals surface area contributed by atoms with Crippen molar-refractivity contribution in [1.82, 2.24) is 13.7 Å². The van der Waals surface area contributed by atoms with Gasteiger partial charge in [0.2, 0.25) is 0 Å². The predicted octanol–water partition coefficient (Wildman–Crippen LogP) is 10.7. The van der Waals surface area contributed by atoms with Gasteiger partial charge in [-0.3, -0.25) is 0 Å². The summed E-state index contributed by atoms with van der Waals surface area (Å²) in [6.45, 7) is 0. The van der Waals surface area contributed by atoms with Gasteiger partial charge in [-0.1, -0.05) is 91.0 Å². The van der Waals surface area contributed by atoms with E-state index < -0.39 is 0 Å². The largest absolute Gasteiger partial charge is 0.309 e. The molecule has 0 aliphatic heterocycles. The van der Waals surface area contributed by atoms with Crippen molar-refractivity contribution in [2.75, 3.05) is 0 Å². The third-order valence-corrected chi connectivity index (χ3v) is 9.90. The first-order valence-corrected chi connectivity index (χ1v) is 16.2. The van der Waals surface area contributed by atoms with Crippen LogP contribution in [-0.2, 0) is 0 Å². The summed E-state index contributed by atoms with van der Waals surface area (Å²) < 4.78 is 6.72. The van der Waals surface area contributed by atoms with E-state index in [-0.39, 0.29) is 0 Å². The maximum atomic E-state index is 10.5. The highest BCUT2D eigenvalue weighted by molar-refractivity contribution is 6.29. The highest BCUT2D eigenvalue weighted by atomic mass is 15.0. The van der Waals surface area contributed by atoms with Crippen LogP contribution in [0.3, 0.4) is 0 Å². The number of nitriles is 2. The average Bonchev–Trinajstić information content (AvgIpc) is 3.80. The molecule has 0 aliphatic rings. The summed E-state index contributed by atoms with van der Waals surface area (Å²) in [6.07, 6.45) is 0. The number of aromatic nitrogens is 3. The van der Waals surface area contributed by atoms with Gasteiger partial charge >= 0.3 is 0 Å². The quantitative estimate of drug-likeness (QED) is 0.197. The number of para-hydroxylation sites is 5. The number of rotatable bonds is 3. The number of nitrogens with zero attached hydrogens (tertiary/aromatic N) is 5. The molecule has 0 bridgehead atoms. The van der Waals surface area contributed by atoms with Crippen molar-refractivity contribution in [3.8, 4) is 29.2 Å². The molecule has 0 saturated carbocycles. The molecular weight excluding hydrogens is 599 g/mol. The molecule has 7 aromatic carbocycles. The van der Waals surface area contributed by atoms with Crippen LogP contribution < -0.4 is 0 Å². The second kappa shape index (κ2) is 10.2. The molecule has 0 saturated heterocycles. The summed E-state index contributed by atoms with van der Waals surface area (Å²) >= 11 is 0. The summed E-state index contributed by atoms with van der Waals surface area (Å²) in [4.78, 5) is 0. The van der Waals surface area contributed by atoms with Gasteiger partial charge < -0.3 is 13.7 Å². The molecule has 5 nitrogen and oxygen atoms in total. The molecular formula is C44H25N5. The van der Waals surface area contributed by atoms with Crippen LogP contribution in [0.5, 0.6) is 0 Å².